The van der Waals surface area contributed by atoms with Crippen LogP contribution in [0, 0.1) is 0 Å². The van der Waals surface area contributed by atoms with Gasteiger partial charge < -0.3 is 20.1 Å². The molecule has 0 aromatic carbocycles. The summed E-state index contributed by atoms with van der Waals surface area (Å²) >= 11 is 0. The molecule has 2 aliphatic rings. The molecule has 6 nitrogen and oxygen atoms in total. The predicted octanol–water partition coefficient (Wildman–Crippen LogP) is 1.98. The van der Waals surface area contributed by atoms with Crippen molar-refractivity contribution in [2.24, 2.45) is 0 Å². The number of carbonyl (C=O) groups is 2. The number of aliphatic carboxylic acids is 1. The zero-order valence-corrected chi connectivity index (χ0v) is 12.6. The van der Waals surface area contributed by atoms with Crippen molar-refractivity contribution in [1.29, 1.82) is 0 Å². The molecule has 0 aromatic heterocycles. The second-order valence-corrected chi connectivity index (χ2v) is 5.97. The van der Waals surface area contributed by atoms with Crippen LogP contribution in [0.25, 0.3) is 0 Å². The van der Waals surface area contributed by atoms with Crippen molar-refractivity contribution < 1.29 is 19.4 Å². The third-order valence-corrected chi connectivity index (χ3v) is 4.37. The van der Waals surface area contributed by atoms with Crippen LogP contribution in [0.2, 0.25) is 0 Å². The molecule has 0 bridgehead atoms. The molecule has 0 saturated heterocycles. The number of rotatable bonds is 7. The largest absolute Gasteiger partial charge is 0.480 e. The van der Waals surface area contributed by atoms with Gasteiger partial charge in [-0.1, -0.05) is 25.7 Å². The lowest BCUT2D eigenvalue weighted by Gasteiger charge is -2.27. The lowest BCUT2D eigenvalue weighted by atomic mass is 10.2. The normalized spacial score (nSPS) is 19.8. The number of nitrogens with one attached hydrogen (secondary N) is 1. The summed E-state index contributed by atoms with van der Waals surface area (Å²) in [7, 11) is 0. The quantitative estimate of drug-likeness (QED) is 0.704. The van der Waals surface area contributed by atoms with E-state index in [2.05, 4.69) is 5.32 Å². The van der Waals surface area contributed by atoms with E-state index in [4.69, 9.17) is 9.84 Å². The maximum absolute atomic E-state index is 12.2. The van der Waals surface area contributed by atoms with Gasteiger partial charge in [0.1, 0.15) is 6.54 Å². The third kappa shape index (κ3) is 5.19. The fourth-order valence-electron chi connectivity index (χ4n) is 3.27. The SMILES string of the molecule is O=C(O)CN(C(=O)NCCOC1CCCC1)C1CCCC1. The molecule has 2 saturated carbocycles. The number of nitrogens with zero attached hydrogens (tertiary/aromatic N) is 1. The highest BCUT2D eigenvalue weighted by molar-refractivity contribution is 5.80. The van der Waals surface area contributed by atoms with Gasteiger partial charge in [0.25, 0.3) is 0 Å². The van der Waals surface area contributed by atoms with Gasteiger partial charge >= 0.3 is 12.0 Å². The van der Waals surface area contributed by atoms with E-state index < -0.39 is 5.97 Å². The minimum absolute atomic E-state index is 0.0665. The first-order valence-corrected chi connectivity index (χ1v) is 8.04. The molecule has 2 aliphatic carbocycles. The lowest BCUT2D eigenvalue weighted by molar-refractivity contribution is -0.138. The van der Waals surface area contributed by atoms with E-state index in [1.807, 2.05) is 0 Å². The van der Waals surface area contributed by atoms with Gasteiger partial charge in [-0.2, -0.15) is 0 Å². The minimum atomic E-state index is -0.959. The zero-order chi connectivity index (χ0) is 15.1. The molecule has 2 amide bonds. The van der Waals surface area contributed by atoms with E-state index in [1.165, 1.54) is 17.7 Å². The van der Waals surface area contributed by atoms with Crippen molar-refractivity contribution in [2.75, 3.05) is 19.7 Å². The molecule has 2 fully saturated rings. The van der Waals surface area contributed by atoms with Crippen LogP contribution in [0.15, 0.2) is 0 Å². The van der Waals surface area contributed by atoms with Gasteiger partial charge in [-0.15, -0.1) is 0 Å². The van der Waals surface area contributed by atoms with Crippen LogP contribution in [-0.2, 0) is 9.53 Å². The second kappa shape index (κ2) is 8.22. The van der Waals surface area contributed by atoms with Gasteiger partial charge in [-0.05, 0) is 25.7 Å². The molecule has 0 unspecified atom stereocenters. The van der Waals surface area contributed by atoms with Crippen LogP contribution in [0.5, 0.6) is 0 Å². The average Bonchev–Trinajstić information content (AvgIpc) is 3.13. The number of ether oxygens (including phenoxy) is 1. The first kappa shape index (κ1) is 16.1. The highest BCUT2D eigenvalue weighted by atomic mass is 16.5. The molecule has 0 atom stereocenters. The Bertz CT molecular complexity index is 350. The van der Waals surface area contributed by atoms with Crippen molar-refractivity contribution in [3.63, 3.8) is 0 Å². The molecule has 0 aliphatic heterocycles. The Morgan fingerprint density at radius 1 is 1.10 bits per heavy atom. The van der Waals surface area contributed by atoms with Crippen LogP contribution in [-0.4, -0.2) is 53.8 Å². The van der Waals surface area contributed by atoms with Gasteiger partial charge in [0.2, 0.25) is 0 Å². The summed E-state index contributed by atoms with van der Waals surface area (Å²) in [5.41, 5.74) is 0. The topological polar surface area (TPSA) is 78.9 Å². The first-order chi connectivity index (χ1) is 10.2. The lowest BCUT2D eigenvalue weighted by Crippen LogP contribution is -2.48. The van der Waals surface area contributed by atoms with Gasteiger partial charge in [-0.25, -0.2) is 4.79 Å². The molecule has 120 valence electrons. The molecule has 0 radical (unpaired) electrons. The number of carboxylic acids is 1. The van der Waals surface area contributed by atoms with Crippen molar-refractivity contribution in [3.8, 4) is 0 Å². The second-order valence-electron chi connectivity index (χ2n) is 5.97. The van der Waals surface area contributed by atoms with E-state index in [0.29, 0.717) is 19.3 Å². The van der Waals surface area contributed by atoms with E-state index in [0.717, 1.165) is 38.5 Å². The highest BCUT2D eigenvalue weighted by Gasteiger charge is 2.28. The summed E-state index contributed by atoms with van der Waals surface area (Å²) in [4.78, 5) is 24.5. The fourth-order valence-corrected chi connectivity index (χ4v) is 3.27. The molecular weight excluding hydrogens is 272 g/mol. The molecule has 2 rings (SSSR count). The Balaban J connectivity index is 1.70. The van der Waals surface area contributed by atoms with E-state index in [-0.39, 0.29) is 18.6 Å². The van der Waals surface area contributed by atoms with Crippen molar-refractivity contribution in [1.82, 2.24) is 10.2 Å². The van der Waals surface area contributed by atoms with E-state index in [9.17, 15) is 9.59 Å². The van der Waals surface area contributed by atoms with Crippen molar-refractivity contribution in [2.45, 2.75) is 63.5 Å². The molecular formula is C15H26N2O4. The summed E-state index contributed by atoms with van der Waals surface area (Å²) < 4.78 is 5.69. The Morgan fingerprint density at radius 2 is 1.71 bits per heavy atom. The molecule has 0 aromatic rings. The van der Waals surface area contributed by atoms with Gasteiger partial charge in [0.15, 0.2) is 0 Å². The molecule has 0 heterocycles. The van der Waals surface area contributed by atoms with Gasteiger partial charge in [0, 0.05) is 12.6 Å². The maximum Gasteiger partial charge on any atom is 0.323 e. The monoisotopic (exact) mass is 298 g/mol. The fraction of sp³-hybridized carbons (Fsp3) is 0.867. The molecule has 2 N–H and O–H groups in total. The van der Waals surface area contributed by atoms with Crippen LogP contribution in [0.3, 0.4) is 0 Å². The smallest absolute Gasteiger partial charge is 0.323 e. The van der Waals surface area contributed by atoms with E-state index in [1.54, 1.807) is 0 Å². The van der Waals surface area contributed by atoms with Crippen LogP contribution >= 0.6 is 0 Å². The Kier molecular flexibility index (Phi) is 6.29. The van der Waals surface area contributed by atoms with Crippen LogP contribution < -0.4 is 5.32 Å². The average molecular weight is 298 g/mol. The number of carbonyl (C=O) groups excluding carboxylic acids is 1. The Hall–Kier alpha value is -1.30. The minimum Gasteiger partial charge on any atom is -0.480 e. The number of carboxylic acid groups (broad SMARTS) is 1. The Morgan fingerprint density at radius 3 is 2.33 bits per heavy atom. The summed E-state index contributed by atoms with van der Waals surface area (Å²) in [5.74, 6) is -0.959. The third-order valence-electron chi connectivity index (χ3n) is 4.37. The molecule has 21 heavy (non-hydrogen) atoms. The van der Waals surface area contributed by atoms with Crippen LogP contribution in [0.1, 0.15) is 51.4 Å². The molecule has 6 heteroatoms. The van der Waals surface area contributed by atoms with E-state index >= 15 is 0 Å². The summed E-state index contributed by atoms with van der Waals surface area (Å²) in [6, 6.07) is -0.212. The van der Waals surface area contributed by atoms with Crippen LogP contribution in [0.4, 0.5) is 4.79 Å². The Labute approximate surface area is 125 Å². The number of urea groups is 1. The maximum atomic E-state index is 12.2. The summed E-state index contributed by atoms with van der Waals surface area (Å²) in [6.45, 7) is 0.722. The molecule has 0 spiro atoms. The number of hydrogen-bond donors (Lipinski definition) is 2. The van der Waals surface area contributed by atoms with Crippen molar-refractivity contribution >= 4 is 12.0 Å². The van der Waals surface area contributed by atoms with Gasteiger partial charge in [-0.3, -0.25) is 4.79 Å². The first-order valence-electron chi connectivity index (χ1n) is 8.04. The number of hydrogen-bond acceptors (Lipinski definition) is 3. The predicted molar refractivity (Wildman–Crippen MR) is 78.2 cm³/mol. The summed E-state index contributed by atoms with van der Waals surface area (Å²) in [5, 5.41) is 11.7. The summed E-state index contributed by atoms with van der Waals surface area (Å²) in [6.07, 6.45) is 8.96. The van der Waals surface area contributed by atoms with Crippen molar-refractivity contribution in [3.05, 3.63) is 0 Å². The zero-order valence-electron chi connectivity index (χ0n) is 12.6. The highest BCUT2D eigenvalue weighted by Crippen LogP contribution is 2.23. The number of amides is 2. The standard InChI is InChI=1S/C15H26N2O4/c18-14(19)11-17(12-5-1-2-6-12)15(20)16-9-10-21-13-7-3-4-8-13/h12-13H,1-11H2,(H,16,20)(H,18,19). The van der Waals surface area contributed by atoms with Gasteiger partial charge in [0.05, 0.1) is 12.7 Å².